The van der Waals surface area contributed by atoms with Gasteiger partial charge in [0.25, 0.3) is 5.91 Å². The van der Waals surface area contributed by atoms with Gasteiger partial charge < -0.3 is 5.32 Å². The fourth-order valence-corrected chi connectivity index (χ4v) is 2.68. The van der Waals surface area contributed by atoms with Crippen LogP contribution in [0.25, 0.3) is 22.3 Å². The van der Waals surface area contributed by atoms with Crippen LogP contribution in [0.3, 0.4) is 0 Å². The number of hydrogen-bond donors (Lipinski definition) is 1. The number of benzene rings is 1. The second-order valence-electron chi connectivity index (χ2n) is 5.94. The average Bonchev–Trinajstić information content (AvgIpc) is 2.73. The van der Waals surface area contributed by atoms with Gasteiger partial charge in [0, 0.05) is 23.3 Å². The zero-order valence-electron chi connectivity index (χ0n) is 14.4. The first-order chi connectivity index (χ1) is 13.6. The minimum Gasteiger partial charge on any atom is -0.306 e. The summed E-state index contributed by atoms with van der Waals surface area (Å²) >= 11 is 0. The van der Waals surface area contributed by atoms with E-state index in [1.54, 1.807) is 36.5 Å². The minimum absolute atomic E-state index is 0.0304. The molecular weight excluding hydrogens is 357 g/mol. The third-order valence-electron chi connectivity index (χ3n) is 4.12. The molecule has 0 aliphatic rings. The summed E-state index contributed by atoms with van der Waals surface area (Å²) in [6.45, 7) is 0. The normalized spacial score (nSPS) is 10.4. The van der Waals surface area contributed by atoms with Crippen LogP contribution in [0.15, 0.2) is 67.0 Å². The number of nitriles is 1. The first-order valence-electron chi connectivity index (χ1n) is 8.33. The molecule has 4 aromatic rings. The Kier molecular flexibility index (Phi) is 4.44. The SMILES string of the molecule is N#Cc1ccc(-c2ccc(C(=O)Nc3ccc4cccnc4n3)cn2)cc1F. The van der Waals surface area contributed by atoms with Crippen molar-refractivity contribution in [2.45, 2.75) is 0 Å². The molecule has 1 N–H and O–H groups in total. The highest BCUT2D eigenvalue weighted by atomic mass is 19.1. The molecule has 6 nitrogen and oxygen atoms in total. The number of fused-ring (bicyclic) bond motifs is 1. The summed E-state index contributed by atoms with van der Waals surface area (Å²) in [5, 5.41) is 12.4. The van der Waals surface area contributed by atoms with Crippen LogP contribution in [0.1, 0.15) is 15.9 Å². The van der Waals surface area contributed by atoms with E-state index in [9.17, 15) is 9.18 Å². The lowest BCUT2D eigenvalue weighted by Crippen LogP contribution is -2.13. The van der Waals surface area contributed by atoms with E-state index in [0.29, 0.717) is 28.3 Å². The van der Waals surface area contributed by atoms with Gasteiger partial charge in [0.1, 0.15) is 17.7 Å². The fraction of sp³-hybridized carbons (Fsp3) is 0. The monoisotopic (exact) mass is 369 g/mol. The molecule has 0 saturated heterocycles. The molecule has 3 aromatic heterocycles. The fourth-order valence-electron chi connectivity index (χ4n) is 2.68. The number of amides is 1. The Labute approximate surface area is 159 Å². The van der Waals surface area contributed by atoms with Crippen LogP contribution < -0.4 is 5.32 Å². The summed E-state index contributed by atoms with van der Waals surface area (Å²) in [6.07, 6.45) is 3.04. The van der Waals surface area contributed by atoms with Gasteiger partial charge in [0.2, 0.25) is 0 Å². The third-order valence-corrected chi connectivity index (χ3v) is 4.12. The third kappa shape index (κ3) is 3.39. The van der Waals surface area contributed by atoms with Crippen molar-refractivity contribution >= 4 is 22.8 Å². The molecule has 7 heteroatoms. The number of carbonyl (C=O) groups excluding carboxylic acids is 1. The van der Waals surface area contributed by atoms with Gasteiger partial charge in [0.05, 0.1) is 16.8 Å². The molecular formula is C21H12FN5O. The Morgan fingerprint density at radius 3 is 2.71 bits per heavy atom. The summed E-state index contributed by atoms with van der Waals surface area (Å²) in [5.74, 6) is -0.595. The maximum atomic E-state index is 13.8. The number of hydrogen-bond acceptors (Lipinski definition) is 5. The first-order valence-corrected chi connectivity index (χ1v) is 8.33. The van der Waals surface area contributed by atoms with Crippen LogP contribution in [-0.4, -0.2) is 20.9 Å². The summed E-state index contributed by atoms with van der Waals surface area (Å²) in [6, 6.07) is 16.4. The van der Waals surface area contributed by atoms with Gasteiger partial charge in [-0.25, -0.2) is 14.4 Å². The van der Waals surface area contributed by atoms with Gasteiger partial charge in [-0.15, -0.1) is 0 Å². The van der Waals surface area contributed by atoms with Gasteiger partial charge >= 0.3 is 0 Å². The lowest BCUT2D eigenvalue weighted by Gasteiger charge is -2.06. The van der Waals surface area contributed by atoms with Crippen molar-refractivity contribution in [2.75, 3.05) is 5.32 Å². The van der Waals surface area contributed by atoms with E-state index >= 15 is 0 Å². The second-order valence-corrected chi connectivity index (χ2v) is 5.94. The summed E-state index contributed by atoms with van der Waals surface area (Å²) < 4.78 is 13.8. The van der Waals surface area contributed by atoms with Crippen LogP contribution >= 0.6 is 0 Å². The number of pyridine rings is 3. The van der Waals surface area contributed by atoms with Gasteiger partial charge in [-0.1, -0.05) is 6.07 Å². The van der Waals surface area contributed by atoms with Crippen molar-refractivity contribution < 1.29 is 9.18 Å². The van der Waals surface area contributed by atoms with E-state index in [2.05, 4.69) is 20.3 Å². The molecule has 134 valence electrons. The standard InChI is InChI=1S/C21H12FN5O/c22-17-10-14(3-4-15(17)11-23)18-7-5-16(12-25-18)21(28)27-19-8-6-13-2-1-9-24-20(13)26-19/h1-10,12H,(H,24,26,27,28). The molecule has 0 saturated carbocycles. The molecule has 0 aliphatic carbocycles. The molecule has 0 aliphatic heterocycles. The van der Waals surface area contributed by atoms with Gasteiger partial charge in [0.15, 0.2) is 5.65 Å². The number of halogens is 1. The number of aromatic nitrogens is 3. The van der Waals surface area contributed by atoms with Crippen molar-refractivity contribution in [3.63, 3.8) is 0 Å². The van der Waals surface area contributed by atoms with Crippen LogP contribution in [0.2, 0.25) is 0 Å². The van der Waals surface area contributed by atoms with E-state index in [0.717, 1.165) is 5.39 Å². The number of rotatable bonds is 3. The first kappa shape index (κ1) is 17.2. The van der Waals surface area contributed by atoms with Crippen LogP contribution in [0.5, 0.6) is 0 Å². The van der Waals surface area contributed by atoms with Crippen molar-refractivity contribution in [1.29, 1.82) is 5.26 Å². The summed E-state index contributed by atoms with van der Waals surface area (Å²) in [7, 11) is 0. The summed E-state index contributed by atoms with van der Waals surface area (Å²) in [5.41, 5.74) is 1.85. The zero-order chi connectivity index (χ0) is 19.5. The maximum Gasteiger partial charge on any atom is 0.258 e. The van der Waals surface area contributed by atoms with Crippen LogP contribution in [-0.2, 0) is 0 Å². The molecule has 0 fully saturated rings. The average molecular weight is 369 g/mol. The van der Waals surface area contributed by atoms with Gasteiger partial charge in [-0.2, -0.15) is 5.26 Å². The second kappa shape index (κ2) is 7.21. The smallest absolute Gasteiger partial charge is 0.258 e. The Morgan fingerprint density at radius 2 is 1.96 bits per heavy atom. The number of nitrogens with zero attached hydrogens (tertiary/aromatic N) is 4. The topological polar surface area (TPSA) is 91.6 Å². The maximum absolute atomic E-state index is 13.8. The Balaban J connectivity index is 1.53. The van der Waals surface area contributed by atoms with E-state index < -0.39 is 5.82 Å². The van der Waals surface area contributed by atoms with Gasteiger partial charge in [-0.05, 0) is 48.5 Å². The van der Waals surface area contributed by atoms with Crippen LogP contribution in [0, 0.1) is 17.1 Å². The van der Waals surface area contributed by atoms with Gasteiger partial charge in [-0.3, -0.25) is 9.78 Å². The lowest BCUT2D eigenvalue weighted by atomic mass is 10.1. The molecule has 0 radical (unpaired) electrons. The molecule has 0 unspecified atom stereocenters. The number of anilines is 1. The Morgan fingerprint density at radius 1 is 1.07 bits per heavy atom. The Hall–Kier alpha value is -4.18. The predicted octanol–water partition coefficient (Wildman–Crippen LogP) is 3.95. The largest absolute Gasteiger partial charge is 0.306 e. The molecule has 1 amide bonds. The molecule has 0 spiro atoms. The van der Waals surface area contributed by atoms with Crippen molar-refractivity contribution in [3.05, 3.63) is 83.9 Å². The highest BCUT2D eigenvalue weighted by Gasteiger charge is 2.10. The molecule has 0 bridgehead atoms. The lowest BCUT2D eigenvalue weighted by molar-refractivity contribution is 0.102. The molecule has 28 heavy (non-hydrogen) atoms. The number of carbonyl (C=O) groups is 1. The highest BCUT2D eigenvalue weighted by Crippen LogP contribution is 2.20. The van der Waals surface area contributed by atoms with E-state index in [1.807, 2.05) is 18.2 Å². The molecule has 0 atom stereocenters. The molecule has 3 heterocycles. The molecule has 1 aromatic carbocycles. The molecule has 4 rings (SSSR count). The highest BCUT2D eigenvalue weighted by molar-refractivity contribution is 6.04. The predicted molar refractivity (Wildman–Crippen MR) is 102 cm³/mol. The van der Waals surface area contributed by atoms with E-state index in [-0.39, 0.29) is 11.5 Å². The Bertz CT molecular complexity index is 1230. The minimum atomic E-state index is -0.611. The van der Waals surface area contributed by atoms with Crippen molar-refractivity contribution in [3.8, 4) is 17.3 Å². The van der Waals surface area contributed by atoms with Crippen molar-refractivity contribution in [2.24, 2.45) is 0 Å². The van der Waals surface area contributed by atoms with E-state index in [1.165, 1.54) is 18.3 Å². The number of nitrogens with one attached hydrogen (secondary N) is 1. The van der Waals surface area contributed by atoms with Crippen LogP contribution in [0.4, 0.5) is 10.2 Å². The zero-order valence-corrected chi connectivity index (χ0v) is 14.4. The van der Waals surface area contributed by atoms with Crippen molar-refractivity contribution in [1.82, 2.24) is 15.0 Å². The summed E-state index contributed by atoms with van der Waals surface area (Å²) in [4.78, 5) is 25.1. The van der Waals surface area contributed by atoms with E-state index in [4.69, 9.17) is 5.26 Å². The quantitative estimate of drug-likeness (QED) is 0.590.